The molecule has 0 saturated carbocycles. The maximum atomic E-state index is 14.5. The van der Waals surface area contributed by atoms with E-state index in [9.17, 15) is 8.78 Å². The first-order valence-corrected chi connectivity index (χ1v) is 12.3. The molecular weight excluding hydrogens is 644 g/mol. The Morgan fingerprint density at radius 1 is 0.545 bits per heavy atom. The average Bonchev–Trinajstić information content (AvgIpc) is 2.71. The lowest BCUT2D eigenvalue weighted by atomic mass is 10.0. The molecule has 4 aromatic carbocycles. The van der Waals surface area contributed by atoms with Gasteiger partial charge in [-0.05, 0) is 59.7 Å². The summed E-state index contributed by atoms with van der Waals surface area (Å²) < 4.78 is 36.2. The van der Waals surface area contributed by atoms with Gasteiger partial charge in [0, 0.05) is 42.3 Å². The Labute approximate surface area is 225 Å². The Balaban J connectivity index is 1.81. The van der Waals surface area contributed by atoms with Crippen LogP contribution in [0.2, 0.25) is 20.1 Å². The van der Waals surface area contributed by atoms with Crippen molar-refractivity contribution in [2.45, 2.75) is 0 Å². The van der Waals surface area contributed by atoms with Crippen LogP contribution in [0.25, 0.3) is 22.3 Å². The standard InChI is InChI=1S/C24H10Br2Cl4F2O/c25-13-1-11(3-15(27)5-13)19-7-17(31)9-21(23(19)29)33-22-10-18(32)8-20(24(22)30)12-2-14(26)6-16(28)4-12/h1-10H. The highest BCUT2D eigenvalue weighted by atomic mass is 79.9. The summed E-state index contributed by atoms with van der Waals surface area (Å²) in [6.07, 6.45) is 0. The molecule has 0 saturated heterocycles. The van der Waals surface area contributed by atoms with Crippen LogP contribution >= 0.6 is 78.3 Å². The van der Waals surface area contributed by atoms with Crippen LogP contribution < -0.4 is 4.74 Å². The topological polar surface area (TPSA) is 9.23 Å². The molecule has 0 heterocycles. The monoisotopic (exact) mass is 650 g/mol. The van der Waals surface area contributed by atoms with Gasteiger partial charge in [0.05, 0.1) is 10.0 Å². The molecule has 4 rings (SSSR count). The van der Waals surface area contributed by atoms with Crippen molar-refractivity contribution in [2.75, 3.05) is 0 Å². The summed E-state index contributed by atoms with van der Waals surface area (Å²) in [7, 11) is 0. The second-order valence-corrected chi connectivity index (χ2v) is 10.4. The Morgan fingerprint density at radius 3 is 1.30 bits per heavy atom. The fourth-order valence-electron chi connectivity index (χ4n) is 3.23. The van der Waals surface area contributed by atoms with E-state index in [1.54, 1.807) is 36.4 Å². The summed E-state index contributed by atoms with van der Waals surface area (Å²) in [4.78, 5) is 0. The summed E-state index contributed by atoms with van der Waals surface area (Å²) in [5.74, 6) is -1.28. The number of hydrogen-bond donors (Lipinski definition) is 0. The summed E-state index contributed by atoms with van der Waals surface area (Å²) in [6, 6.07) is 14.9. The van der Waals surface area contributed by atoms with Crippen molar-refractivity contribution < 1.29 is 13.5 Å². The molecule has 33 heavy (non-hydrogen) atoms. The molecule has 0 aliphatic rings. The molecule has 1 nitrogen and oxygen atoms in total. The van der Waals surface area contributed by atoms with Gasteiger partial charge in [0.25, 0.3) is 0 Å². The van der Waals surface area contributed by atoms with Gasteiger partial charge in [0.15, 0.2) is 0 Å². The lowest BCUT2D eigenvalue weighted by Crippen LogP contribution is -1.94. The van der Waals surface area contributed by atoms with Gasteiger partial charge in [0.2, 0.25) is 0 Å². The Morgan fingerprint density at radius 2 is 0.939 bits per heavy atom. The summed E-state index contributed by atoms with van der Waals surface area (Å²) >= 11 is 32.1. The predicted molar refractivity (Wildman–Crippen MR) is 139 cm³/mol. The highest BCUT2D eigenvalue weighted by Gasteiger charge is 2.18. The highest BCUT2D eigenvalue weighted by molar-refractivity contribution is 9.10. The van der Waals surface area contributed by atoms with E-state index in [-0.39, 0.29) is 21.5 Å². The van der Waals surface area contributed by atoms with E-state index in [0.29, 0.717) is 41.2 Å². The Bertz CT molecular complexity index is 1250. The fourth-order valence-corrected chi connectivity index (χ4v) is 5.47. The van der Waals surface area contributed by atoms with Crippen LogP contribution in [-0.2, 0) is 0 Å². The lowest BCUT2D eigenvalue weighted by Gasteiger charge is -2.15. The molecule has 0 aromatic heterocycles. The maximum Gasteiger partial charge on any atom is 0.149 e. The number of benzene rings is 4. The van der Waals surface area contributed by atoms with Gasteiger partial charge >= 0.3 is 0 Å². The van der Waals surface area contributed by atoms with Gasteiger partial charge < -0.3 is 4.74 Å². The molecule has 9 heteroatoms. The summed E-state index contributed by atoms with van der Waals surface area (Å²) in [6.45, 7) is 0. The lowest BCUT2D eigenvalue weighted by molar-refractivity contribution is 0.472. The second kappa shape index (κ2) is 10.1. The predicted octanol–water partition coefficient (Wildman–Crippen LogP) is 11.2. The molecule has 0 unspecified atom stereocenters. The molecule has 0 amide bonds. The SMILES string of the molecule is Fc1cc(Oc2cc(F)cc(-c3cc(Cl)cc(Br)c3)c2Cl)c(Cl)c(-c2cc(Cl)cc(Br)c2)c1. The van der Waals surface area contributed by atoms with Crippen LogP contribution in [0, 0.1) is 11.6 Å². The molecule has 0 fully saturated rings. The van der Waals surface area contributed by atoms with Gasteiger partial charge in [-0.3, -0.25) is 0 Å². The van der Waals surface area contributed by atoms with Gasteiger partial charge in [-0.25, -0.2) is 8.78 Å². The highest BCUT2D eigenvalue weighted by Crippen LogP contribution is 2.44. The molecule has 168 valence electrons. The first-order valence-electron chi connectivity index (χ1n) is 9.19. The van der Waals surface area contributed by atoms with E-state index in [4.69, 9.17) is 51.1 Å². The van der Waals surface area contributed by atoms with E-state index in [1.807, 2.05) is 0 Å². The fraction of sp³-hybridized carbons (Fsp3) is 0. The van der Waals surface area contributed by atoms with E-state index < -0.39 is 11.6 Å². The molecule has 0 spiro atoms. The molecule has 0 radical (unpaired) electrons. The van der Waals surface area contributed by atoms with Crippen LogP contribution in [0.5, 0.6) is 11.5 Å². The molecule has 0 bridgehead atoms. The molecular formula is C24H10Br2Cl4F2O. The van der Waals surface area contributed by atoms with Gasteiger partial charge in [-0.15, -0.1) is 0 Å². The summed E-state index contributed by atoms with van der Waals surface area (Å²) in [5.41, 5.74) is 1.83. The van der Waals surface area contributed by atoms with Crippen molar-refractivity contribution in [3.63, 3.8) is 0 Å². The van der Waals surface area contributed by atoms with Gasteiger partial charge in [-0.2, -0.15) is 0 Å². The third-order valence-electron chi connectivity index (χ3n) is 4.58. The maximum absolute atomic E-state index is 14.5. The molecule has 0 atom stereocenters. The zero-order valence-corrected chi connectivity index (χ0v) is 22.4. The third-order valence-corrected chi connectivity index (χ3v) is 6.71. The van der Waals surface area contributed by atoms with Crippen molar-refractivity contribution in [2.24, 2.45) is 0 Å². The number of rotatable bonds is 4. The second-order valence-electron chi connectivity index (χ2n) is 6.95. The van der Waals surface area contributed by atoms with Crippen molar-refractivity contribution in [3.8, 4) is 33.8 Å². The third kappa shape index (κ3) is 5.67. The summed E-state index contributed by atoms with van der Waals surface area (Å²) in [5, 5.41) is 1.09. The quantitative estimate of drug-likeness (QED) is 0.213. The Hall–Kier alpha value is -1.34. The molecule has 4 aromatic rings. The van der Waals surface area contributed by atoms with Crippen LogP contribution in [0.4, 0.5) is 8.78 Å². The van der Waals surface area contributed by atoms with E-state index >= 15 is 0 Å². The number of hydrogen-bond acceptors (Lipinski definition) is 1. The largest absolute Gasteiger partial charge is 0.454 e. The van der Waals surface area contributed by atoms with Crippen LogP contribution in [-0.4, -0.2) is 0 Å². The molecule has 0 N–H and O–H groups in total. The van der Waals surface area contributed by atoms with Crippen LogP contribution in [0.15, 0.2) is 69.6 Å². The smallest absolute Gasteiger partial charge is 0.149 e. The first-order chi connectivity index (χ1) is 15.6. The zero-order valence-electron chi connectivity index (χ0n) is 16.2. The van der Waals surface area contributed by atoms with Crippen molar-refractivity contribution >= 4 is 78.3 Å². The average molecular weight is 654 g/mol. The van der Waals surface area contributed by atoms with Crippen molar-refractivity contribution in [3.05, 3.63) is 101 Å². The Kier molecular flexibility index (Phi) is 7.59. The van der Waals surface area contributed by atoms with Gasteiger partial charge in [0.1, 0.15) is 23.1 Å². The van der Waals surface area contributed by atoms with E-state index in [0.717, 1.165) is 12.1 Å². The van der Waals surface area contributed by atoms with Crippen LogP contribution in [0.3, 0.4) is 0 Å². The van der Waals surface area contributed by atoms with E-state index in [1.165, 1.54) is 12.1 Å². The van der Waals surface area contributed by atoms with Crippen LogP contribution in [0.1, 0.15) is 0 Å². The first kappa shape index (κ1) is 24.8. The molecule has 0 aliphatic heterocycles. The normalized spacial score (nSPS) is 11.0. The number of ether oxygens (including phenoxy) is 1. The molecule has 0 aliphatic carbocycles. The zero-order chi connectivity index (χ0) is 23.9. The van der Waals surface area contributed by atoms with Crippen molar-refractivity contribution in [1.29, 1.82) is 0 Å². The van der Waals surface area contributed by atoms with E-state index in [2.05, 4.69) is 31.9 Å². The van der Waals surface area contributed by atoms with Gasteiger partial charge in [-0.1, -0.05) is 78.3 Å². The van der Waals surface area contributed by atoms with Crippen molar-refractivity contribution in [1.82, 2.24) is 0 Å². The minimum Gasteiger partial charge on any atom is -0.454 e. The number of halogens is 8. The minimum absolute atomic E-state index is 0.0338. The minimum atomic E-state index is -0.605.